The summed E-state index contributed by atoms with van der Waals surface area (Å²) in [6, 6.07) is 33.1. The summed E-state index contributed by atoms with van der Waals surface area (Å²) in [6.07, 6.45) is 27.6. The third-order valence-electron chi connectivity index (χ3n) is 20.2. The van der Waals surface area contributed by atoms with E-state index in [0.29, 0.717) is 80.3 Å². The number of hydrogen-bond donors (Lipinski definition) is 1. The van der Waals surface area contributed by atoms with Gasteiger partial charge in [-0.3, -0.25) is 39.1 Å². The van der Waals surface area contributed by atoms with Gasteiger partial charge < -0.3 is 24.6 Å². The number of carbonyl (C=O) groups is 5. The molecule has 4 aromatic carbocycles. The number of ether oxygens (including phenoxy) is 2. The highest BCUT2D eigenvalue weighted by Gasteiger charge is 2.43. The number of amides is 4. The zero-order chi connectivity index (χ0) is 79.3. The number of nitrogens with zero attached hydrogens (tertiary/aromatic N) is 8. The minimum absolute atomic E-state index is 0. The number of benzene rings is 4. The molecule has 111 heavy (non-hydrogen) atoms. The fraction of sp³-hybridized carbons (Fsp3) is 0.471. The molecular formula is C85H102Cl2F5N9O9S. The zero-order valence-corrected chi connectivity index (χ0v) is 65.6. The van der Waals surface area contributed by atoms with Crippen LogP contribution in [0, 0.1) is 46.3 Å². The van der Waals surface area contributed by atoms with Crippen molar-refractivity contribution in [2.45, 2.75) is 243 Å². The Morgan fingerprint density at radius 3 is 1.28 bits per heavy atom. The third-order valence-corrected chi connectivity index (χ3v) is 21.8. The SMILES string of the molecule is C.CC(C)(C)OC(=O)N1CC[C@@H]1C(=O)Cl.CC(C)(C)OC(=O)N1CC[C@@H]1C(=O)N(Cc1ccc(C2CCCCC2)nc1)c1ccccc1F.Fc1ccccc1NCc1ccc(C2CCCCC2)nc1.N#Cc1cc(S(=O)(=O)Cl)cc(F)c1F.O=C(C1CCC1)N(Cc1ccc(C2CCCCC2)nc1)c1ccccc1F. The van der Waals surface area contributed by atoms with Crippen LogP contribution in [0.5, 0.6) is 0 Å². The van der Waals surface area contributed by atoms with Crippen LogP contribution in [0.3, 0.4) is 0 Å². The van der Waals surface area contributed by atoms with Crippen molar-refractivity contribution in [2.24, 2.45) is 5.92 Å². The van der Waals surface area contributed by atoms with Crippen molar-refractivity contribution in [3.8, 4) is 6.07 Å². The maximum atomic E-state index is 14.8. The van der Waals surface area contributed by atoms with Crippen LogP contribution in [0.25, 0.3) is 0 Å². The Hall–Kier alpha value is -9.05. The summed E-state index contributed by atoms with van der Waals surface area (Å²) in [5, 5.41) is 11.0. The number of pyridine rings is 3. The second kappa shape index (κ2) is 40.9. The number of hydrogen-bond acceptors (Lipinski definition) is 14. The van der Waals surface area contributed by atoms with Crippen LogP contribution in [-0.4, -0.2) is 98.8 Å². The summed E-state index contributed by atoms with van der Waals surface area (Å²) in [5.41, 5.74) is 5.50. The van der Waals surface area contributed by atoms with Crippen molar-refractivity contribution in [3.63, 3.8) is 0 Å². The van der Waals surface area contributed by atoms with Crippen LogP contribution < -0.4 is 15.1 Å². The summed E-state index contributed by atoms with van der Waals surface area (Å²) in [6.45, 7) is 12.8. The molecule has 6 fully saturated rings. The molecule has 0 spiro atoms. The van der Waals surface area contributed by atoms with Gasteiger partial charge in [0.1, 0.15) is 46.8 Å². The van der Waals surface area contributed by atoms with E-state index in [4.69, 9.17) is 37.0 Å². The summed E-state index contributed by atoms with van der Waals surface area (Å²) in [5.74, 6) is -2.45. The maximum absolute atomic E-state index is 14.8. The van der Waals surface area contributed by atoms with Gasteiger partial charge in [0, 0.05) is 89.7 Å². The standard InChI is InChI=1S/C27H34FN3O3.C23H27FN2O.C18H21FN2.C9H14ClNO3.C7H2ClF2NO2S.CH4/c1-27(2,3)34-26(33)30-16-15-24(30)25(32)31(23-12-8-7-11-21(23)28)18-19-13-14-22(29-17-19)20-9-5-4-6-10-20;24-20-11-4-5-12-22(20)26(23(27)19-9-6-10-19)16-17-13-14-21(25-15-17)18-7-2-1-3-8-18;19-16-8-4-5-9-18(16)21-13-14-10-11-17(20-12-14)15-6-2-1-3-7-15;1-9(2,3)14-8(13)11-5-4-6(11)7(10)12;8-14(12,13)5-1-4(3-11)7(10)6(9)2-5;/h7-8,11-14,17,20,24H,4-6,9-10,15-16,18H2,1-3H3;4-5,11-15,18-19H,1-3,6-10,16H2;4-5,8-12,15,21H,1-3,6-7,13H2;6H,4-5H2,1-3H3;1-2H;1H4/t24-;;;6-;;/m1..1../s1. The molecule has 596 valence electrons. The van der Waals surface area contributed by atoms with Crippen LogP contribution in [-0.2, 0) is 52.5 Å². The van der Waals surface area contributed by atoms with Crippen molar-refractivity contribution in [3.05, 3.63) is 208 Å². The molecule has 2 saturated heterocycles. The molecule has 18 nitrogen and oxygen atoms in total. The molecule has 0 bridgehead atoms. The molecule has 0 radical (unpaired) electrons. The van der Waals surface area contributed by atoms with E-state index < -0.39 is 77.7 Å². The molecule has 7 aromatic rings. The molecule has 13 rings (SSSR count). The predicted octanol–water partition coefficient (Wildman–Crippen LogP) is 20.5. The van der Waals surface area contributed by atoms with E-state index in [1.54, 1.807) is 101 Å². The average molecular weight is 1590 g/mol. The van der Waals surface area contributed by atoms with Crippen molar-refractivity contribution < 1.29 is 63.8 Å². The summed E-state index contributed by atoms with van der Waals surface area (Å²) in [4.78, 5) is 80.5. The molecule has 4 aliphatic carbocycles. The molecule has 0 unspecified atom stereocenters. The maximum Gasteiger partial charge on any atom is 0.410 e. The largest absolute Gasteiger partial charge is 0.444 e. The number of para-hydroxylation sites is 3. The highest BCUT2D eigenvalue weighted by atomic mass is 35.7. The Balaban J connectivity index is 0.000000181. The van der Waals surface area contributed by atoms with Crippen LogP contribution >= 0.6 is 22.3 Å². The topological polar surface area (TPSA) is 225 Å². The second-order valence-electron chi connectivity index (χ2n) is 30.6. The number of aromatic nitrogens is 3. The van der Waals surface area contributed by atoms with Gasteiger partial charge in [-0.1, -0.05) is 126 Å². The lowest BCUT2D eigenvalue weighted by atomic mass is 9.84. The molecule has 6 aliphatic rings. The van der Waals surface area contributed by atoms with E-state index >= 15 is 0 Å². The number of likely N-dealkylation sites (tertiary alicyclic amines) is 2. The molecule has 2 aliphatic heterocycles. The van der Waals surface area contributed by atoms with Gasteiger partial charge in [0.2, 0.25) is 17.1 Å². The first kappa shape index (κ1) is 87.5. The lowest BCUT2D eigenvalue weighted by molar-refractivity contribution is -0.128. The Morgan fingerprint density at radius 1 is 0.523 bits per heavy atom. The van der Waals surface area contributed by atoms with E-state index in [1.165, 1.54) is 128 Å². The van der Waals surface area contributed by atoms with Gasteiger partial charge in [0.15, 0.2) is 11.6 Å². The lowest BCUT2D eigenvalue weighted by Gasteiger charge is -2.42. The normalized spacial score (nSPS) is 17.3. The van der Waals surface area contributed by atoms with Gasteiger partial charge >= 0.3 is 12.2 Å². The van der Waals surface area contributed by atoms with E-state index in [1.807, 2.05) is 30.6 Å². The average Bonchev–Trinajstić information content (AvgIpc) is 0.788. The number of halogens is 7. The van der Waals surface area contributed by atoms with Gasteiger partial charge in [0.25, 0.3) is 9.05 Å². The van der Waals surface area contributed by atoms with E-state index in [0.717, 1.165) is 60.2 Å². The molecule has 3 aromatic heterocycles. The second-order valence-corrected chi connectivity index (χ2v) is 33.5. The van der Waals surface area contributed by atoms with E-state index in [9.17, 15) is 54.3 Å². The Labute approximate surface area is 659 Å². The van der Waals surface area contributed by atoms with Gasteiger partial charge in [-0.2, -0.15) is 5.26 Å². The number of nitrogens with one attached hydrogen (secondary N) is 1. The first-order valence-corrected chi connectivity index (χ1v) is 40.6. The van der Waals surface area contributed by atoms with Crippen LogP contribution in [0.4, 0.5) is 48.6 Å². The molecule has 2 atom stereocenters. The van der Waals surface area contributed by atoms with Crippen LogP contribution in [0.15, 0.2) is 145 Å². The first-order chi connectivity index (χ1) is 52.4. The predicted molar refractivity (Wildman–Crippen MR) is 421 cm³/mol. The van der Waals surface area contributed by atoms with Crippen molar-refractivity contribution in [1.82, 2.24) is 24.8 Å². The zero-order valence-electron chi connectivity index (χ0n) is 63.2. The fourth-order valence-electron chi connectivity index (χ4n) is 13.8. The lowest BCUT2D eigenvalue weighted by Crippen LogP contribution is -2.60. The number of anilines is 3. The van der Waals surface area contributed by atoms with Gasteiger partial charge in [0.05, 0.1) is 40.6 Å². The molecule has 5 heterocycles. The van der Waals surface area contributed by atoms with Crippen molar-refractivity contribution >= 4 is 77.6 Å². The molecule has 26 heteroatoms. The Kier molecular flexibility index (Phi) is 32.3. The molecule has 1 N–H and O–H groups in total. The minimum Gasteiger partial charge on any atom is -0.444 e. The summed E-state index contributed by atoms with van der Waals surface area (Å²) < 4.78 is 100. The van der Waals surface area contributed by atoms with Crippen LogP contribution in [0.1, 0.15) is 234 Å². The fourth-order valence-corrected chi connectivity index (χ4v) is 14.8. The summed E-state index contributed by atoms with van der Waals surface area (Å²) in [7, 11) is 0.725. The van der Waals surface area contributed by atoms with Gasteiger partial charge in [-0.05, 0) is 201 Å². The Bertz CT molecular complexity index is 4410. The first-order valence-electron chi connectivity index (χ1n) is 37.9. The summed E-state index contributed by atoms with van der Waals surface area (Å²) >= 11 is 5.30. The Morgan fingerprint density at radius 2 is 0.928 bits per heavy atom. The molecule has 4 saturated carbocycles. The third kappa shape index (κ3) is 25.5. The number of nitriles is 1. The number of carbonyl (C=O) groups excluding carboxylic acids is 5. The molecular weight excluding hydrogens is 1490 g/mol. The van der Waals surface area contributed by atoms with Crippen molar-refractivity contribution in [1.29, 1.82) is 5.26 Å². The van der Waals surface area contributed by atoms with Crippen molar-refractivity contribution in [2.75, 3.05) is 28.2 Å². The minimum atomic E-state index is -4.16. The molecule has 4 amide bonds. The monoisotopic (exact) mass is 1590 g/mol. The van der Waals surface area contributed by atoms with Gasteiger partial charge in [-0.25, -0.2) is 40.0 Å². The highest BCUT2D eigenvalue weighted by Crippen LogP contribution is 2.37. The van der Waals surface area contributed by atoms with E-state index in [-0.39, 0.29) is 49.0 Å². The smallest absolute Gasteiger partial charge is 0.410 e. The quantitative estimate of drug-likeness (QED) is 0.0702. The highest BCUT2D eigenvalue weighted by molar-refractivity contribution is 8.13. The van der Waals surface area contributed by atoms with E-state index in [2.05, 4.69) is 44.5 Å². The van der Waals surface area contributed by atoms with Gasteiger partial charge in [-0.15, -0.1) is 0 Å². The van der Waals surface area contributed by atoms with Crippen LogP contribution in [0.2, 0.25) is 0 Å². The number of rotatable bonds is 16.